The highest BCUT2D eigenvalue weighted by Gasteiger charge is 2.30. The summed E-state index contributed by atoms with van der Waals surface area (Å²) in [6, 6.07) is 19.7. The van der Waals surface area contributed by atoms with E-state index in [-0.39, 0.29) is 17.5 Å². The lowest BCUT2D eigenvalue weighted by Gasteiger charge is -2.17. The first-order valence-electron chi connectivity index (χ1n) is 13.2. The number of likely N-dealkylation sites (tertiary alicyclic amines) is 1. The summed E-state index contributed by atoms with van der Waals surface area (Å²) in [5.41, 5.74) is 5.93. The third-order valence-corrected chi connectivity index (χ3v) is 7.14. The number of fused-ring (bicyclic) bond motifs is 1. The summed E-state index contributed by atoms with van der Waals surface area (Å²) in [5.74, 6) is -0.199. The lowest BCUT2D eigenvalue weighted by molar-refractivity contribution is -0.384. The van der Waals surface area contributed by atoms with E-state index >= 15 is 0 Å². The first kappa shape index (κ1) is 25.8. The van der Waals surface area contributed by atoms with E-state index in [4.69, 9.17) is 0 Å². The van der Waals surface area contributed by atoms with Crippen molar-refractivity contribution in [3.05, 3.63) is 117 Å². The molecule has 41 heavy (non-hydrogen) atoms. The van der Waals surface area contributed by atoms with Gasteiger partial charge in [-0.3, -0.25) is 19.7 Å². The average molecular weight is 547 g/mol. The van der Waals surface area contributed by atoms with Crippen LogP contribution in [0.1, 0.15) is 40.8 Å². The zero-order valence-corrected chi connectivity index (χ0v) is 22.0. The van der Waals surface area contributed by atoms with Crippen LogP contribution in [-0.4, -0.2) is 38.2 Å². The fourth-order valence-corrected chi connectivity index (χ4v) is 5.03. The molecule has 1 saturated heterocycles. The van der Waals surface area contributed by atoms with Crippen molar-refractivity contribution >= 4 is 52.3 Å². The van der Waals surface area contributed by atoms with E-state index in [9.17, 15) is 19.7 Å². The molecule has 1 fully saturated rings. The van der Waals surface area contributed by atoms with Gasteiger partial charge in [-0.15, -0.1) is 0 Å². The topological polar surface area (TPSA) is 133 Å². The van der Waals surface area contributed by atoms with Gasteiger partial charge in [0.25, 0.3) is 11.6 Å². The smallest absolute Gasteiger partial charge is 0.270 e. The first-order chi connectivity index (χ1) is 19.9. The van der Waals surface area contributed by atoms with Gasteiger partial charge < -0.3 is 20.5 Å². The van der Waals surface area contributed by atoms with E-state index in [1.54, 1.807) is 18.6 Å². The van der Waals surface area contributed by atoms with Crippen LogP contribution in [0.2, 0.25) is 0 Å². The minimum absolute atomic E-state index is 0.101. The molecule has 0 radical (unpaired) electrons. The minimum Gasteiger partial charge on any atom is -0.354 e. The molecule has 0 saturated carbocycles. The van der Waals surface area contributed by atoms with Gasteiger partial charge in [0.1, 0.15) is 0 Å². The van der Waals surface area contributed by atoms with Crippen molar-refractivity contribution in [2.75, 3.05) is 17.2 Å². The SMILES string of the molecule is O=C1Nc2ccc([N+](=O)[O-])cc2/C1=C(/Nc1ccc(/C=C/c2c[nH]cn2)cc1)c1ccc(CN2CCCC2=O)cc1. The van der Waals surface area contributed by atoms with Crippen molar-refractivity contribution < 1.29 is 14.5 Å². The summed E-state index contributed by atoms with van der Waals surface area (Å²) >= 11 is 0. The van der Waals surface area contributed by atoms with E-state index in [1.807, 2.05) is 65.6 Å². The minimum atomic E-state index is -0.475. The zero-order valence-electron chi connectivity index (χ0n) is 22.0. The van der Waals surface area contributed by atoms with Crippen LogP contribution in [-0.2, 0) is 16.1 Å². The molecule has 0 aliphatic carbocycles. The fourth-order valence-electron chi connectivity index (χ4n) is 5.03. The molecular formula is C31H26N6O4. The Balaban J connectivity index is 1.36. The number of non-ortho nitro benzene ring substituents is 1. The molecule has 0 bridgehead atoms. The standard InChI is InChI=1S/C31H26N6O4/c38-28-2-1-15-36(28)18-21-3-8-22(9-4-21)30(29-26-16-25(37(40)41)13-14-27(26)35-31(29)39)34-23-10-5-20(6-11-23)7-12-24-17-32-19-33-24/h3-14,16-17,19,34H,1-2,15,18H2,(H,32,33)(H,35,39)/b12-7+,30-29-. The molecule has 4 aromatic rings. The van der Waals surface area contributed by atoms with Crippen molar-refractivity contribution in [2.24, 2.45) is 0 Å². The van der Waals surface area contributed by atoms with Crippen LogP contribution < -0.4 is 10.6 Å². The van der Waals surface area contributed by atoms with Crippen LogP contribution in [0.15, 0.2) is 79.3 Å². The van der Waals surface area contributed by atoms with Gasteiger partial charge in [-0.25, -0.2) is 4.98 Å². The van der Waals surface area contributed by atoms with E-state index < -0.39 is 4.92 Å². The van der Waals surface area contributed by atoms with Crippen molar-refractivity contribution in [1.29, 1.82) is 0 Å². The molecule has 3 aromatic carbocycles. The number of nitrogens with zero attached hydrogens (tertiary/aromatic N) is 3. The van der Waals surface area contributed by atoms with Gasteiger partial charge in [0, 0.05) is 54.8 Å². The van der Waals surface area contributed by atoms with Crippen LogP contribution in [0, 0.1) is 10.1 Å². The number of aromatic nitrogens is 2. The van der Waals surface area contributed by atoms with Crippen molar-refractivity contribution in [2.45, 2.75) is 19.4 Å². The van der Waals surface area contributed by atoms with Crippen LogP contribution in [0.5, 0.6) is 0 Å². The van der Waals surface area contributed by atoms with Crippen LogP contribution in [0.4, 0.5) is 17.1 Å². The number of benzene rings is 3. The molecule has 2 amide bonds. The lowest BCUT2D eigenvalue weighted by Crippen LogP contribution is -2.23. The second-order valence-corrected chi connectivity index (χ2v) is 9.88. The third kappa shape index (κ3) is 5.48. The molecule has 2 aliphatic rings. The number of imidazole rings is 1. The van der Waals surface area contributed by atoms with Crippen LogP contribution in [0.25, 0.3) is 23.4 Å². The first-order valence-corrected chi connectivity index (χ1v) is 13.2. The highest BCUT2D eigenvalue weighted by molar-refractivity contribution is 6.37. The predicted octanol–water partition coefficient (Wildman–Crippen LogP) is 5.54. The van der Waals surface area contributed by atoms with Crippen molar-refractivity contribution in [3.8, 4) is 0 Å². The number of aromatic amines is 1. The molecule has 6 rings (SSSR count). The Labute approximate surface area is 235 Å². The second kappa shape index (κ2) is 10.9. The predicted molar refractivity (Wildman–Crippen MR) is 157 cm³/mol. The lowest BCUT2D eigenvalue weighted by atomic mass is 9.98. The molecule has 3 heterocycles. The average Bonchev–Trinajstić information content (AvgIpc) is 3.72. The van der Waals surface area contributed by atoms with E-state index in [0.29, 0.717) is 35.5 Å². The van der Waals surface area contributed by atoms with Gasteiger partial charge in [-0.2, -0.15) is 0 Å². The van der Waals surface area contributed by atoms with Crippen LogP contribution in [0.3, 0.4) is 0 Å². The molecule has 0 unspecified atom stereocenters. The Morgan fingerprint density at radius 2 is 1.85 bits per heavy atom. The maximum atomic E-state index is 13.3. The third-order valence-electron chi connectivity index (χ3n) is 7.14. The quantitative estimate of drug-likeness (QED) is 0.151. The highest BCUT2D eigenvalue weighted by atomic mass is 16.6. The number of carbonyl (C=O) groups is 2. The number of carbonyl (C=O) groups excluding carboxylic acids is 2. The molecule has 10 nitrogen and oxygen atoms in total. The zero-order chi connectivity index (χ0) is 28.3. The van der Waals surface area contributed by atoms with Crippen LogP contribution >= 0.6 is 0 Å². The molecule has 0 atom stereocenters. The normalized spacial score (nSPS) is 15.8. The van der Waals surface area contributed by atoms with Gasteiger partial charge in [0.15, 0.2) is 0 Å². The number of H-pyrrole nitrogens is 1. The number of hydrogen-bond donors (Lipinski definition) is 3. The Kier molecular flexibility index (Phi) is 6.87. The number of nitro groups is 1. The van der Waals surface area contributed by atoms with Crippen molar-refractivity contribution in [3.63, 3.8) is 0 Å². The van der Waals surface area contributed by atoms with E-state index in [2.05, 4.69) is 20.6 Å². The van der Waals surface area contributed by atoms with Gasteiger partial charge in [0.05, 0.1) is 28.2 Å². The number of hydrogen-bond acceptors (Lipinski definition) is 6. The largest absolute Gasteiger partial charge is 0.354 e. The van der Waals surface area contributed by atoms with Crippen molar-refractivity contribution in [1.82, 2.24) is 14.9 Å². The number of anilines is 2. The fraction of sp³-hybridized carbons (Fsp3) is 0.129. The summed E-state index contributed by atoms with van der Waals surface area (Å²) in [4.78, 5) is 45.3. The maximum absolute atomic E-state index is 13.3. The van der Waals surface area contributed by atoms with E-state index in [1.165, 1.54) is 12.1 Å². The molecular weight excluding hydrogens is 520 g/mol. The molecule has 0 spiro atoms. The van der Waals surface area contributed by atoms with Gasteiger partial charge in [0.2, 0.25) is 5.91 Å². The molecule has 3 N–H and O–H groups in total. The number of nitro benzene ring substituents is 1. The highest BCUT2D eigenvalue weighted by Crippen LogP contribution is 2.39. The molecule has 204 valence electrons. The van der Waals surface area contributed by atoms with E-state index in [0.717, 1.165) is 41.0 Å². The van der Waals surface area contributed by atoms with Gasteiger partial charge in [-0.05, 0) is 47.4 Å². The number of nitrogens with one attached hydrogen (secondary N) is 3. The summed E-state index contributed by atoms with van der Waals surface area (Å²) in [6.07, 6.45) is 8.71. The van der Waals surface area contributed by atoms with Gasteiger partial charge >= 0.3 is 0 Å². The summed E-state index contributed by atoms with van der Waals surface area (Å²) in [5, 5.41) is 17.7. The second-order valence-electron chi connectivity index (χ2n) is 9.88. The Bertz CT molecular complexity index is 1690. The Morgan fingerprint density at radius 1 is 1.05 bits per heavy atom. The summed E-state index contributed by atoms with van der Waals surface area (Å²) in [6.45, 7) is 1.28. The Hall–Kier alpha value is -5.51. The number of amides is 2. The maximum Gasteiger partial charge on any atom is 0.270 e. The number of rotatable bonds is 8. The summed E-state index contributed by atoms with van der Waals surface area (Å²) < 4.78 is 0. The summed E-state index contributed by atoms with van der Waals surface area (Å²) in [7, 11) is 0. The molecule has 1 aromatic heterocycles. The molecule has 10 heteroatoms. The molecule has 2 aliphatic heterocycles. The Morgan fingerprint density at radius 3 is 2.54 bits per heavy atom. The monoisotopic (exact) mass is 546 g/mol. The van der Waals surface area contributed by atoms with Gasteiger partial charge in [-0.1, -0.05) is 42.5 Å².